The lowest BCUT2D eigenvalue weighted by Gasteiger charge is -2.16. The summed E-state index contributed by atoms with van der Waals surface area (Å²) < 4.78 is 0. The van der Waals surface area contributed by atoms with Gasteiger partial charge in [-0.2, -0.15) is 0 Å². The zero-order valence-corrected chi connectivity index (χ0v) is 11.0. The first-order valence-corrected chi connectivity index (χ1v) is 6.31. The van der Waals surface area contributed by atoms with Gasteiger partial charge in [0, 0.05) is 12.2 Å². The number of nitrogens with one attached hydrogen (secondary N) is 1. The number of anilines is 1. The molecule has 0 bridgehead atoms. The molecule has 0 saturated heterocycles. The van der Waals surface area contributed by atoms with Crippen LogP contribution in [0, 0.1) is 0 Å². The van der Waals surface area contributed by atoms with Gasteiger partial charge in [-0.15, -0.1) is 0 Å². The summed E-state index contributed by atoms with van der Waals surface area (Å²) in [4.78, 5) is 13.9. The van der Waals surface area contributed by atoms with E-state index in [0.29, 0.717) is 6.54 Å². The van der Waals surface area contributed by atoms with Crippen LogP contribution in [0.4, 0.5) is 5.69 Å². The molecule has 0 unspecified atom stereocenters. The Hall–Kier alpha value is -2.13. The van der Waals surface area contributed by atoms with E-state index in [2.05, 4.69) is 17.4 Å². The molecule has 0 atom stereocenters. The molecule has 2 aromatic carbocycles. The fourth-order valence-corrected chi connectivity index (χ4v) is 1.92. The van der Waals surface area contributed by atoms with Crippen molar-refractivity contribution in [1.82, 2.24) is 4.90 Å². The molecule has 0 aliphatic heterocycles. The zero-order chi connectivity index (χ0) is 13.5. The van der Waals surface area contributed by atoms with Crippen LogP contribution in [-0.2, 0) is 11.3 Å². The SMILES string of the molecule is CN(CC(=O)Nc1ccccc1)Cc1ccccc1. The highest BCUT2D eigenvalue weighted by Crippen LogP contribution is 2.06. The minimum Gasteiger partial charge on any atom is -0.325 e. The minimum absolute atomic E-state index is 0.00429. The van der Waals surface area contributed by atoms with E-state index in [1.807, 2.05) is 60.5 Å². The van der Waals surface area contributed by atoms with Crippen molar-refractivity contribution in [2.45, 2.75) is 6.54 Å². The highest BCUT2D eigenvalue weighted by atomic mass is 16.2. The quantitative estimate of drug-likeness (QED) is 0.889. The Kier molecular flexibility index (Phi) is 4.70. The summed E-state index contributed by atoms with van der Waals surface area (Å²) in [5, 5.41) is 2.88. The fraction of sp³-hybridized carbons (Fsp3) is 0.188. The third kappa shape index (κ3) is 4.56. The maximum Gasteiger partial charge on any atom is 0.238 e. The third-order valence-electron chi connectivity index (χ3n) is 2.77. The molecule has 0 fully saturated rings. The standard InChI is InChI=1S/C16H18N2O/c1-18(12-14-8-4-2-5-9-14)13-16(19)17-15-10-6-3-7-11-15/h2-11H,12-13H2,1H3,(H,17,19). The Morgan fingerprint density at radius 1 is 1.00 bits per heavy atom. The van der Waals surface area contributed by atoms with Crippen LogP contribution in [-0.4, -0.2) is 24.4 Å². The number of likely N-dealkylation sites (N-methyl/N-ethyl adjacent to an activating group) is 1. The normalized spacial score (nSPS) is 10.4. The lowest BCUT2D eigenvalue weighted by molar-refractivity contribution is -0.117. The first-order valence-electron chi connectivity index (χ1n) is 6.31. The van der Waals surface area contributed by atoms with E-state index in [-0.39, 0.29) is 5.91 Å². The summed E-state index contributed by atoms with van der Waals surface area (Å²) in [5.41, 5.74) is 2.04. The molecule has 0 radical (unpaired) electrons. The van der Waals surface area contributed by atoms with Crippen molar-refractivity contribution in [3.05, 3.63) is 66.2 Å². The lowest BCUT2D eigenvalue weighted by atomic mass is 10.2. The van der Waals surface area contributed by atoms with Crippen LogP contribution < -0.4 is 5.32 Å². The van der Waals surface area contributed by atoms with E-state index in [1.165, 1.54) is 5.56 Å². The van der Waals surface area contributed by atoms with E-state index < -0.39 is 0 Å². The molecule has 3 heteroatoms. The second kappa shape index (κ2) is 6.71. The summed E-state index contributed by atoms with van der Waals surface area (Å²) in [6, 6.07) is 19.6. The third-order valence-corrected chi connectivity index (χ3v) is 2.77. The molecule has 3 nitrogen and oxygen atoms in total. The molecule has 1 amide bonds. The smallest absolute Gasteiger partial charge is 0.238 e. The van der Waals surface area contributed by atoms with Gasteiger partial charge >= 0.3 is 0 Å². The fourth-order valence-electron chi connectivity index (χ4n) is 1.92. The maximum atomic E-state index is 11.9. The van der Waals surface area contributed by atoms with Crippen molar-refractivity contribution in [2.24, 2.45) is 0 Å². The first-order chi connectivity index (χ1) is 9.24. The highest BCUT2D eigenvalue weighted by Gasteiger charge is 2.07. The topological polar surface area (TPSA) is 32.3 Å². The first kappa shape index (κ1) is 13.3. The van der Waals surface area contributed by atoms with Crippen molar-refractivity contribution in [2.75, 3.05) is 18.9 Å². The van der Waals surface area contributed by atoms with Crippen LogP contribution in [0.25, 0.3) is 0 Å². The molecule has 0 spiro atoms. The van der Waals surface area contributed by atoms with Gasteiger partial charge in [-0.3, -0.25) is 9.69 Å². The Labute approximate surface area is 113 Å². The number of para-hydroxylation sites is 1. The monoisotopic (exact) mass is 254 g/mol. The van der Waals surface area contributed by atoms with E-state index in [9.17, 15) is 4.79 Å². The van der Waals surface area contributed by atoms with Gasteiger partial charge in [0.25, 0.3) is 0 Å². The molecule has 0 heterocycles. The molecule has 0 aliphatic carbocycles. The van der Waals surface area contributed by atoms with Crippen molar-refractivity contribution >= 4 is 11.6 Å². The average molecular weight is 254 g/mol. The van der Waals surface area contributed by atoms with Gasteiger partial charge in [-0.25, -0.2) is 0 Å². The van der Waals surface area contributed by atoms with Gasteiger partial charge in [0.15, 0.2) is 0 Å². The van der Waals surface area contributed by atoms with Crippen molar-refractivity contribution < 1.29 is 4.79 Å². The molecular weight excluding hydrogens is 236 g/mol. The number of carbonyl (C=O) groups is 1. The van der Waals surface area contributed by atoms with Gasteiger partial charge in [0.1, 0.15) is 0 Å². The number of benzene rings is 2. The number of nitrogens with zero attached hydrogens (tertiary/aromatic N) is 1. The summed E-state index contributed by atoms with van der Waals surface area (Å²) in [6.45, 7) is 1.15. The van der Waals surface area contributed by atoms with Crippen LogP contribution in [0.15, 0.2) is 60.7 Å². The maximum absolute atomic E-state index is 11.9. The van der Waals surface area contributed by atoms with Crippen LogP contribution in [0.5, 0.6) is 0 Å². The summed E-state index contributed by atoms with van der Waals surface area (Å²) >= 11 is 0. The van der Waals surface area contributed by atoms with Gasteiger partial charge in [0.2, 0.25) is 5.91 Å². The molecule has 0 aliphatic rings. The molecule has 19 heavy (non-hydrogen) atoms. The lowest BCUT2D eigenvalue weighted by Crippen LogP contribution is -2.29. The molecule has 0 saturated carbocycles. The van der Waals surface area contributed by atoms with Crippen LogP contribution in [0.3, 0.4) is 0 Å². The van der Waals surface area contributed by atoms with E-state index >= 15 is 0 Å². The van der Waals surface area contributed by atoms with Gasteiger partial charge in [-0.05, 0) is 24.7 Å². The summed E-state index contributed by atoms with van der Waals surface area (Å²) in [5.74, 6) is 0.00429. The van der Waals surface area contributed by atoms with Crippen molar-refractivity contribution in [1.29, 1.82) is 0 Å². The van der Waals surface area contributed by atoms with Crippen molar-refractivity contribution in [3.63, 3.8) is 0 Å². The predicted octanol–water partition coefficient (Wildman–Crippen LogP) is 2.76. The van der Waals surface area contributed by atoms with Crippen LogP contribution in [0.2, 0.25) is 0 Å². The number of amides is 1. The largest absolute Gasteiger partial charge is 0.325 e. The zero-order valence-electron chi connectivity index (χ0n) is 11.0. The minimum atomic E-state index is 0.00429. The number of rotatable bonds is 5. The molecular formula is C16H18N2O. The van der Waals surface area contributed by atoms with Gasteiger partial charge in [-0.1, -0.05) is 48.5 Å². The van der Waals surface area contributed by atoms with E-state index in [4.69, 9.17) is 0 Å². The second-order valence-electron chi connectivity index (χ2n) is 4.57. The molecule has 1 N–H and O–H groups in total. The molecule has 2 rings (SSSR count). The highest BCUT2D eigenvalue weighted by molar-refractivity contribution is 5.92. The van der Waals surface area contributed by atoms with Gasteiger partial charge in [0.05, 0.1) is 6.54 Å². The number of hydrogen-bond acceptors (Lipinski definition) is 2. The second-order valence-corrected chi connectivity index (χ2v) is 4.57. The van der Waals surface area contributed by atoms with E-state index in [1.54, 1.807) is 0 Å². The molecule has 2 aromatic rings. The summed E-state index contributed by atoms with van der Waals surface area (Å²) in [6.07, 6.45) is 0. The van der Waals surface area contributed by atoms with Crippen LogP contribution in [0.1, 0.15) is 5.56 Å². The molecule has 98 valence electrons. The van der Waals surface area contributed by atoms with E-state index in [0.717, 1.165) is 12.2 Å². The Balaban J connectivity index is 1.82. The molecule has 0 aromatic heterocycles. The Morgan fingerprint density at radius 2 is 1.58 bits per heavy atom. The predicted molar refractivity (Wildman–Crippen MR) is 77.8 cm³/mol. The van der Waals surface area contributed by atoms with Crippen molar-refractivity contribution in [3.8, 4) is 0 Å². The number of carbonyl (C=O) groups excluding carboxylic acids is 1. The van der Waals surface area contributed by atoms with Crippen LogP contribution >= 0.6 is 0 Å². The Bertz CT molecular complexity index is 511. The average Bonchev–Trinajstić information content (AvgIpc) is 2.40. The number of hydrogen-bond donors (Lipinski definition) is 1. The summed E-state index contributed by atoms with van der Waals surface area (Å²) in [7, 11) is 1.94. The Morgan fingerprint density at radius 3 is 2.21 bits per heavy atom. The van der Waals surface area contributed by atoms with Gasteiger partial charge < -0.3 is 5.32 Å².